The van der Waals surface area contributed by atoms with Crippen LogP contribution in [-0.4, -0.2) is 42.8 Å². The van der Waals surface area contributed by atoms with E-state index in [1.165, 1.54) is 0 Å². The number of halogens is 2. The van der Waals surface area contributed by atoms with Crippen molar-refractivity contribution >= 4 is 54.8 Å². The topological polar surface area (TPSA) is 54.7 Å². The highest BCUT2D eigenvalue weighted by molar-refractivity contribution is 6.76. The number of aromatic nitrogens is 2. The molecule has 10 heteroatoms. The minimum absolute atomic E-state index is 0.388. The SMILES string of the molecule is CCc1nn(COCC[Si](C)(C)C)c2ccc(Oc3c(Cl)cc(B4OC(C)(C)C(C)(C)O4)cc3Cl)cc12. The summed E-state index contributed by atoms with van der Waals surface area (Å²) < 4.78 is 26.3. The molecule has 0 saturated carbocycles. The minimum Gasteiger partial charge on any atom is -0.454 e. The van der Waals surface area contributed by atoms with Crippen LogP contribution in [0.3, 0.4) is 0 Å². The molecule has 0 N–H and O–H groups in total. The molecular formula is C27H37BCl2N2O4Si. The summed E-state index contributed by atoms with van der Waals surface area (Å²) in [5.41, 5.74) is 1.83. The van der Waals surface area contributed by atoms with Crippen LogP contribution < -0.4 is 10.2 Å². The molecule has 0 unspecified atom stereocenters. The molecule has 0 amide bonds. The molecule has 1 aromatic heterocycles. The predicted octanol–water partition coefficient (Wildman–Crippen LogP) is 7.31. The minimum atomic E-state index is -1.14. The molecule has 2 aromatic carbocycles. The third kappa shape index (κ3) is 6.21. The Morgan fingerprint density at radius 1 is 1.00 bits per heavy atom. The van der Waals surface area contributed by atoms with Gasteiger partial charge in [-0.25, -0.2) is 4.68 Å². The molecule has 200 valence electrons. The van der Waals surface area contributed by atoms with E-state index in [0.717, 1.165) is 41.1 Å². The maximum Gasteiger partial charge on any atom is 0.494 e. The van der Waals surface area contributed by atoms with Crippen molar-refractivity contribution in [2.45, 2.75) is 84.7 Å². The number of benzene rings is 2. The zero-order chi connectivity index (χ0) is 27.2. The van der Waals surface area contributed by atoms with Gasteiger partial charge in [-0.05, 0) is 76.0 Å². The molecule has 0 aliphatic carbocycles. The number of rotatable bonds is 9. The fourth-order valence-electron chi connectivity index (χ4n) is 4.09. The van der Waals surface area contributed by atoms with Gasteiger partial charge in [0.25, 0.3) is 0 Å². The average Bonchev–Trinajstić information content (AvgIpc) is 3.25. The predicted molar refractivity (Wildman–Crippen MR) is 155 cm³/mol. The van der Waals surface area contributed by atoms with E-state index in [-0.39, 0.29) is 0 Å². The maximum atomic E-state index is 6.64. The van der Waals surface area contributed by atoms with E-state index in [0.29, 0.717) is 28.3 Å². The Morgan fingerprint density at radius 3 is 2.19 bits per heavy atom. The van der Waals surface area contributed by atoms with Gasteiger partial charge in [0.1, 0.15) is 12.5 Å². The molecule has 6 nitrogen and oxygen atoms in total. The van der Waals surface area contributed by atoms with Crippen molar-refractivity contribution < 1.29 is 18.8 Å². The third-order valence-corrected chi connectivity index (χ3v) is 9.37. The number of ether oxygens (including phenoxy) is 2. The van der Waals surface area contributed by atoms with Crippen molar-refractivity contribution in [2.75, 3.05) is 6.61 Å². The molecule has 0 atom stereocenters. The molecule has 4 rings (SSSR count). The molecule has 1 fully saturated rings. The van der Waals surface area contributed by atoms with Crippen molar-refractivity contribution in [3.63, 3.8) is 0 Å². The molecule has 1 saturated heterocycles. The summed E-state index contributed by atoms with van der Waals surface area (Å²) in [4.78, 5) is 0. The third-order valence-electron chi connectivity index (χ3n) is 7.11. The van der Waals surface area contributed by atoms with Crippen LogP contribution in [0.4, 0.5) is 0 Å². The average molecular weight is 563 g/mol. The van der Waals surface area contributed by atoms with Gasteiger partial charge in [-0.3, -0.25) is 0 Å². The van der Waals surface area contributed by atoms with Crippen molar-refractivity contribution in [3.05, 3.63) is 46.1 Å². The highest BCUT2D eigenvalue weighted by Gasteiger charge is 2.51. The smallest absolute Gasteiger partial charge is 0.454 e. The molecule has 0 bridgehead atoms. The molecule has 1 aliphatic heterocycles. The molecule has 37 heavy (non-hydrogen) atoms. The Hall–Kier alpha value is -1.55. The first-order valence-electron chi connectivity index (χ1n) is 12.8. The van der Waals surface area contributed by atoms with Gasteiger partial charge < -0.3 is 18.8 Å². The molecule has 3 aromatic rings. The van der Waals surface area contributed by atoms with Crippen LogP contribution in [0, 0.1) is 0 Å². The normalized spacial score (nSPS) is 17.1. The largest absolute Gasteiger partial charge is 0.494 e. The Balaban J connectivity index is 1.54. The summed E-state index contributed by atoms with van der Waals surface area (Å²) in [5.74, 6) is 1.02. The lowest BCUT2D eigenvalue weighted by Crippen LogP contribution is -2.41. The van der Waals surface area contributed by atoms with Crippen LogP contribution in [-0.2, 0) is 27.2 Å². The Kier molecular flexibility index (Phi) is 8.11. The molecule has 1 aliphatic rings. The molecule has 0 radical (unpaired) electrons. The highest BCUT2D eigenvalue weighted by atomic mass is 35.5. The van der Waals surface area contributed by atoms with Gasteiger partial charge in [-0.2, -0.15) is 5.10 Å². The molecule has 0 spiro atoms. The zero-order valence-corrected chi connectivity index (χ0v) is 25.6. The van der Waals surface area contributed by atoms with Gasteiger partial charge in [0.2, 0.25) is 0 Å². The Labute approximate surface area is 231 Å². The second kappa shape index (κ2) is 10.5. The van der Waals surface area contributed by atoms with Crippen LogP contribution in [0.5, 0.6) is 11.5 Å². The van der Waals surface area contributed by atoms with Gasteiger partial charge in [0.15, 0.2) is 5.75 Å². The number of nitrogens with zero attached hydrogens (tertiary/aromatic N) is 2. The Bertz CT molecular complexity index is 1250. The van der Waals surface area contributed by atoms with Crippen molar-refractivity contribution in [2.24, 2.45) is 0 Å². The number of aryl methyl sites for hydroxylation is 1. The van der Waals surface area contributed by atoms with Gasteiger partial charge in [0, 0.05) is 20.1 Å². The molecule has 2 heterocycles. The summed E-state index contributed by atoms with van der Waals surface area (Å²) in [5, 5.41) is 6.57. The first kappa shape index (κ1) is 28.5. The number of hydrogen-bond acceptors (Lipinski definition) is 5. The van der Waals surface area contributed by atoms with Crippen LogP contribution in [0.2, 0.25) is 35.7 Å². The van der Waals surface area contributed by atoms with Gasteiger partial charge in [0.05, 0.1) is 32.5 Å². The number of hydrogen-bond donors (Lipinski definition) is 0. The van der Waals surface area contributed by atoms with E-state index >= 15 is 0 Å². The summed E-state index contributed by atoms with van der Waals surface area (Å²) in [6.07, 6.45) is 0.798. The van der Waals surface area contributed by atoms with Crippen LogP contribution in [0.15, 0.2) is 30.3 Å². The summed E-state index contributed by atoms with van der Waals surface area (Å²) in [7, 11) is -1.69. The van der Waals surface area contributed by atoms with Gasteiger partial charge in [-0.15, -0.1) is 0 Å². The second-order valence-corrected chi connectivity index (χ2v) is 18.3. The maximum absolute atomic E-state index is 6.64. The standard InChI is InChI=1S/C27H37BCl2N2O4Si/c1-9-23-20-16-19(10-11-24(20)32(31-23)17-33-12-13-37(6,7)8)34-25-21(29)14-18(15-22(25)30)28-35-26(2,3)27(4,5)36-28/h10-11,14-16H,9,12-13,17H2,1-8H3. The van der Waals surface area contributed by atoms with E-state index < -0.39 is 26.4 Å². The first-order valence-corrected chi connectivity index (χ1v) is 17.3. The van der Waals surface area contributed by atoms with Gasteiger partial charge in [-0.1, -0.05) is 49.8 Å². The van der Waals surface area contributed by atoms with E-state index in [1.807, 2.05) is 50.6 Å². The van der Waals surface area contributed by atoms with Crippen molar-refractivity contribution in [1.29, 1.82) is 0 Å². The van der Waals surface area contributed by atoms with E-state index in [2.05, 4.69) is 26.6 Å². The zero-order valence-electron chi connectivity index (χ0n) is 23.1. The van der Waals surface area contributed by atoms with Crippen LogP contribution in [0.25, 0.3) is 10.9 Å². The fraction of sp³-hybridized carbons (Fsp3) is 0.519. The number of fused-ring (bicyclic) bond motifs is 1. The van der Waals surface area contributed by atoms with Crippen molar-refractivity contribution in [3.8, 4) is 11.5 Å². The van der Waals surface area contributed by atoms with Gasteiger partial charge >= 0.3 is 7.12 Å². The monoisotopic (exact) mass is 562 g/mol. The highest BCUT2D eigenvalue weighted by Crippen LogP contribution is 2.40. The van der Waals surface area contributed by atoms with E-state index in [1.54, 1.807) is 12.1 Å². The van der Waals surface area contributed by atoms with Crippen molar-refractivity contribution in [1.82, 2.24) is 9.78 Å². The summed E-state index contributed by atoms with van der Waals surface area (Å²) in [6.45, 7) is 18.4. The summed E-state index contributed by atoms with van der Waals surface area (Å²) >= 11 is 13.3. The second-order valence-electron chi connectivity index (χ2n) is 11.8. The fourth-order valence-corrected chi connectivity index (χ4v) is 5.43. The van der Waals surface area contributed by atoms with E-state index in [4.69, 9.17) is 47.1 Å². The Morgan fingerprint density at radius 2 is 1.62 bits per heavy atom. The lowest BCUT2D eigenvalue weighted by atomic mass is 9.79. The quantitative estimate of drug-likeness (QED) is 0.202. The summed E-state index contributed by atoms with van der Waals surface area (Å²) in [6, 6.07) is 10.6. The van der Waals surface area contributed by atoms with Crippen LogP contribution in [0.1, 0.15) is 40.3 Å². The molecular weight excluding hydrogens is 526 g/mol. The lowest BCUT2D eigenvalue weighted by Gasteiger charge is -2.32. The van der Waals surface area contributed by atoms with Crippen LogP contribution >= 0.6 is 23.2 Å². The van der Waals surface area contributed by atoms with E-state index in [9.17, 15) is 0 Å². The first-order chi connectivity index (χ1) is 17.2. The lowest BCUT2D eigenvalue weighted by molar-refractivity contribution is 0.00578.